The Hall–Kier alpha value is -2.28. The Balaban J connectivity index is 3.22. The Bertz CT molecular complexity index is 771. The van der Waals surface area contributed by atoms with Gasteiger partial charge in [-0.3, -0.25) is 19.2 Å². The molecule has 29 heavy (non-hydrogen) atoms. The molecule has 1 heterocycles. The van der Waals surface area contributed by atoms with Crippen LogP contribution in [0.1, 0.15) is 70.7 Å². The lowest BCUT2D eigenvalue weighted by molar-refractivity contribution is -0.167. The van der Waals surface area contributed by atoms with Crippen LogP contribution in [-0.4, -0.2) is 40.7 Å². The van der Waals surface area contributed by atoms with Gasteiger partial charge in [0.05, 0.1) is 6.61 Å². The zero-order valence-electron chi connectivity index (χ0n) is 17.5. The highest BCUT2D eigenvalue weighted by Gasteiger charge is 2.52. The van der Waals surface area contributed by atoms with Gasteiger partial charge in [0.25, 0.3) is 0 Å². The fourth-order valence-corrected chi connectivity index (χ4v) is 3.01. The number of unbranched alkanes of at least 4 members (excludes halogenated alkanes) is 1. The van der Waals surface area contributed by atoms with Crippen LogP contribution in [0.4, 0.5) is 0 Å². The molecule has 0 amide bonds. The first-order valence-electron chi connectivity index (χ1n) is 9.50. The number of hydrogen-bond acceptors (Lipinski definition) is 7. The molecular weight excluding hydrogens is 398 g/mol. The monoisotopic (exact) mass is 425 g/mol. The summed E-state index contributed by atoms with van der Waals surface area (Å²) in [6.45, 7) is 8.14. The van der Waals surface area contributed by atoms with Crippen LogP contribution in [0.15, 0.2) is 18.3 Å². The molecule has 1 unspecified atom stereocenters. The minimum atomic E-state index is -2.02. The van der Waals surface area contributed by atoms with Crippen LogP contribution in [0.2, 0.25) is 5.15 Å². The van der Waals surface area contributed by atoms with E-state index in [9.17, 15) is 19.2 Å². The van der Waals surface area contributed by atoms with E-state index < -0.39 is 28.6 Å². The van der Waals surface area contributed by atoms with E-state index in [2.05, 4.69) is 4.98 Å². The Morgan fingerprint density at radius 3 is 2.31 bits per heavy atom. The summed E-state index contributed by atoms with van der Waals surface area (Å²) in [4.78, 5) is 54.4. The number of hydrogen-bond donors (Lipinski definition) is 0. The van der Waals surface area contributed by atoms with Crippen LogP contribution >= 0.6 is 11.6 Å². The molecule has 1 aromatic heterocycles. The van der Waals surface area contributed by atoms with E-state index in [1.54, 1.807) is 27.7 Å². The molecule has 0 saturated heterocycles. The van der Waals surface area contributed by atoms with Crippen molar-refractivity contribution in [2.45, 2.75) is 65.9 Å². The molecule has 0 aliphatic heterocycles. The molecule has 1 aromatic rings. The third-order valence-electron chi connectivity index (χ3n) is 4.21. The summed E-state index contributed by atoms with van der Waals surface area (Å²) in [5.74, 6) is -2.60. The number of carbonyl (C=O) groups is 4. The Morgan fingerprint density at radius 1 is 1.14 bits per heavy atom. The minimum Gasteiger partial charge on any atom is -0.466 e. The lowest BCUT2D eigenvalue weighted by Gasteiger charge is -2.31. The highest BCUT2D eigenvalue weighted by atomic mass is 35.5. The zero-order valence-corrected chi connectivity index (χ0v) is 18.3. The third-order valence-corrected chi connectivity index (χ3v) is 4.42. The van der Waals surface area contributed by atoms with E-state index in [0.717, 1.165) is 0 Å². The largest absolute Gasteiger partial charge is 0.466 e. The molecule has 1 atom stereocenters. The van der Waals surface area contributed by atoms with Gasteiger partial charge in [-0.15, -0.1) is 0 Å². The number of pyridine rings is 1. The van der Waals surface area contributed by atoms with E-state index in [1.807, 2.05) is 0 Å². The van der Waals surface area contributed by atoms with E-state index in [4.69, 9.17) is 21.1 Å². The number of aromatic nitrogens is 1. The summed E-state index contributed by atoms with van der Waals surface area (Å²) in [7, 11) is 0. The van der Waals surface area contributed by atoms with Gasteiger partial charge in [-0.25, -0.2) is 4.98 Å². The number of esters is 2. The van der Waals surface area contributed by atoms with E-state index >= 15 is 0 Å². The Labute approximate surface area is 176 Å². The maximum atomic E-state index is 13.3. The number of ketones is 2. The van der Waals surface area contributed by atoms with Crippen molar-refractivity contribution < 1.29 is 28.7 Å². The molecule has 0 saturated carbocycles. The standard InChI is InChI=1S/C21H28ClNO6/c1-6-28-17(25)9-7-8-11-21(14(2)24,19(27)29-20(3,4)5)18(26)15-10-12-23-16(22)13-15/h10,12-13H,6-9,11H2,1-5H3. The normalized spacial score (nSPS) is 13.3. The van der Waals surface area contributed by atoms with Gasteiger partial charge in [0.2, 0.25) is 0 Å². The molecule has 0 aliphatic carbocycles. The molecule has 0 radical (unpaired) electrons. The van der Waals surface area contributed by atoms with E-state index in [0.29, 0.717) is 6.42 Å². The minimum absolute atomic E-state index is 0.0693. The fourth-order valence-electron chi connectivity index (χ4n) is 2.84. The molecular formula is C21H28ClNO6. The Kier molecular flexibility index (Phi) is 8.95. The highest BCUT2D eigenvalue weighted by Crippen LogP contribution is 2.34. The van der Waals surface area contributed by atoms with Crippen LogP contribution in [-0.2, 0) is 23.9 Å². The number of rotatable bonds is 10. The van der Waals surface area contributed by atoms with E-state index in [1.165, 1.54) is 25.3 Å². The molecule has 0 spiro atoms. The summed E-state index contributed by atoms with van der Waals surface area (Å²) < 4.78 is 10.3. The van der Waals surface area contributed by atoms with Crippen LogP contribution in [0.25, 0.3) is 0 Å². The number of carbonyl (C=O) groups excluding carboxylic acids is 4. The molecule has 1 rings (SSSR count). The fraction of sp³-hybridized carbons (Fsp3) is 0.571. The average Bonchev–Trinajstić information content (AvgIpc) is 2.59. The Morgan fingerprint density at radius 2 is 1.79 bits per heavy atom. The van der Waals surface area contributed by atoms with Crippen molar-refractivity contribution in [1.29, 1.82) is 0 Å². The second-order valence-corrected chi connectivity index (χ2v) is 8.06. The maximum Gasteiger partial charge on any atom is 0.328 e. The second kappa shape index (κ2) is 10.5. The van der Waals surface area contributed by atoms with Gasteiger partial charge in [0.15, 0.2) is 17.0 Å². The smallest absolute Gasteiger partial charge is 0.328 e. The number of nitrogens with zero attached hydrogens (tertiary/aromatic N) is 1. The van der Waals surface area contributed by atoms with Crippen molar-refractivity contribution in [2.24, 2.45) is 5.41 Å². The molecule has 7 nitrogen and oxygen atoms in total. The summed E-state index contributed by atoms with van der Waals surface area (Å²) in [6.07, 6.45) is 2.01. The van der Waals surface area contributed by atoms with Crippen LogP contribution in [0.5, 0.6) is 0 Å². The van der Waals surface area contributed by atoms with Gasteiger partial charge in [-0.1, -0.05) is 18.0 Å². The van der Waals surface area contributed by atoms with Gasteiger partial charge < -0.3 is 9.47 Å². The summed E-state index contributed by atoms with van der Waals surface area (Å²) in [5.41, 5.74) is -2.82. The van der Waals surface area contributed by atoms with Crippen molar-refractivity contribution in [2.75, 3.05) is 6.61 Å². The third kappa shape index (κ3) is 6.92. The summed E-state index contributed by atoms with van der Waals surface area (Å²) in [5, 5.41) is 0.0693. The molecule has 0 aliphatic rings. The maximum absolute atomic E-state index is 13.3. The topological polar surface area (TPSA) is 99.6 Å². The lowest BCUT2D eigenvalue weighted by Crippen LogP contribution is -2.48. The molecule has 0 N–H and O–H groups in total. The number of ether oxygens (including phenoxy) is 2. The number of Topliss-reactive ketones (excluding diaryl/α,β-unsaturated/α-hetero) is 2. The van der Waals surface area contributed by atoms with Crippen molar-refractivity contribution in [3.8, 4) is 0 Å². The first-order valence-corrected chi connectivity index (χ1v) is 9.88. The number of halogens is 1. The molecule has 0 bridgehead atoms. The van der Waals surface area contributed by atoms with Gasteiger partial charge in [0, 0.05) is 18.2 Å². The SMILES string of the molecule is CCOC(=O)CCCCC(C(C)=O)(C(=O)OC(C)(C)C)C(=O)c1ccnc(Cl)c1. The van der Waals surface area contributed by atoms with Crippen LogP contribution in [0, 0.1) is 5.41 Å². The van der Waals surface area contributed by atoms with Gasteiger partial charge in [0.1, 0.15) is 10.8 Å². The van der Waals surface area contributed by atoms with Crippen molar-refractivity contribution in [3.63, 3.8) is 0 Å². The molecule has 160 valence electrons. The molecule has 8 heteroatoms. The van der Waals surface area contributed by atoms with Gasteiger partial charge in [-0.2, -0.15) is 0 Å². The van der Waals surface area contributed by atoms with Crippen molar-refractivity contribution in [1.82, 2.24) is 4.98 Å². The van der Waals surface area contributed by atoms with E-state index in [-0.39, 0.29) is 42.6 Å². The quantitative estimate of drug-likeness (QED) is 0.184. The second-order valence-electron chi connectivity index (χ2n) is 7.67. The predicted molar refractivity (Wildman–Crippen MR) is 108 cm³/mol. The highest BCUT2D eigenvalue weighted by molar-refractivity contribution is 6.31. The summed E-state index contributed by atoms with van der Waals surface area (Å²) in [6, 6.07) is 2.71. The van der Waals surface area contributed by atoms with Gasteiger partial charge >= 0.3 is 11.9 Å². The zero-order chi connectivity index (χ0) is 22.2. The van der Waals surface area contributed by atoms with Crippen LogP contribution in [0.3, 0.4) is 0 Å². The first-order chi connectivity index (χ1) is 13.4. The van der Waals surface area contributed by atoms with Crippen molar-refractivity contribution >= 4 is 35.1 Å². The van der Waals surface area contributed by atoms with Crippen LogP contribution < -0.4 is 0 Å². The lowest BCUT2D eigenvalue weighted by atomic mass is 9.73. The van der Waals surface area contributed by atoms with Gasteiger partial charge in [-0.05, 0) is 59.6 Å². The first kappa shape index (κ1) is 24.8. The summed E-state index contributed by atoms with van der Waals surface area (Å²) >= 11 is 5.88. The molecule has 0 fully saturated rings. The average molecular weight is 426 g/mol. The molecule has 0 aromatic carbocycles. The predicted octanol–water partition coefficient (Wildman–Crippen LogP) is 3.96. The van der Waals surface area contributed by atoms with Crippen molar-refractivity contribution in [3.05, 3.63) is 29.0 Å².